The van der Waals surface area contributed by atoms with E-state index < -0.39 is 17.8 Å². The third kappa shape index (κ3) is 4.08. The van der Waals surface area contributed by atoms with Crippen molar-refractivity contribution in [3.05, 3.63) is 77.0 Å². The minimum absolute atomic E-state index is 0.0674. The van der Waals surface area contributed by atoms with Crippen molar-refractivity contribution < 1.29 is 23.8 Å². The predicted molar refractivity (Wildman–Crippen MR) is 130 cm³/mol. The van der Waals surface area contributed by atoms with E-state index in [0.717, 1.165) is 11.1 Å². The Balaban J connectivity index is 1.45. The van der Waals surface area contributed by atoms with Crippen LogP contribution in [0.1, 0.15) is 38.6 Å². The molecule has 4 heterocycles. The molecule has 3 N–H and O–H groups in total. The number of carbonyl (C=O) groups excluding carboxylic acids is 2. The Morgan fingerprint density at radius 2 is 2.22 bits per heavy atom. The van der Waals surface area contributed by atoms with Crippen molar-refractivity contribution in [3.8, 4) is 5.75 Å². The fourth-order valence-corrected chi connectivity index (χ4v) is 4.52. The van der Waals surface area contributed by atoms with E-state index in [1.54, 1.807) is 46.3 Å². The van der Waals surface area contributed by atoms with Gasteiger partial charge in [-0.15, -0.1) is 0 Å². The number of hydrogen-bond donors (Lipinski definition) is 3. The van der Waals surface area contributed by atoms with Crippen LogP contribution in [0.3, 0.4) is 0 Å². The quantitative estimate of drug-likeness (QED) is 0.403. The summed E-state index contributed by atoms with van der Waals surface area (Å²) in [5.41, 5.74) is 1.37. The first-order valence-electron chi connectivity index (χ1n) is 11.3. The van der Waals surface area contributed by atoms with Gasteiger partial charge in [-0.1, -0.05) is 18.7 Å². The summed E-state index contributed by atoms with van der Waals surface area (Å²) in [7, 11) is 3.36. The molecular weight excluding hydrogens is 464 g/mol. The SMILES string of the molecule is C=Cc1cc(C2(CN3Cc4ccc(OC)cc4C3=O)NC(O)NC2=O)oc1C=NCc1cnn(C)c1. The number of hydrogen-bond acceptors (Lipinski definition) is 8. The molecule has 1 aromatic carbocycles. The summed E-state index contributed by atoms with van der Waals surface area (Å²) in [5, 5.41) is 19.7. The Bertz CT molecular complexity index is 1370. The number of ether oxygens (including phenoxy) is 1. The van der Waals surface area contributed by atoms with Crippen molar-refractivity contribution in [2.24, 2.45) is 12.0 Å². The van der Waals surface area contributed by atoms with Gasteiger partial charge in [-0.05, 0) is 23.8 Å². The summed E-state index contributed by atoms with van der Waals surface area (Å²) in [5.74, 6) is 0.450. The van der Waals surface area contributed by atoms with Crippen LogP contribution < -0.4 is 15.4 Å². The molecule has 11 heteroatoms. The number of fused-ring (bicyclic) bond motifs is 1. The fourth-order valence-electron chi connectivity index (χ4n) is 4.52. The lowest BCUT2D eigenvalue weighted by Crippen LogP contribution is -2.53. The van der Waals surface area contributed by atoms with Gasteiger partial charge in [0.15, 0.2) is 17.7 Å². The van der Waals surface area contributed by atoms with E-state index in [1.807, 2.05) is 19.3 Å². The molecule has 2 amide bonds. The number of rotatable bonds is 8. The van der Waals surface area contributed by atoms with Crippen LogP contribution in [0.2, 0.25) is 0 Å². The van der Waals surface area contributed by atoms with Gasteiger partial charge in [0.25, 0.3) is 11.8 Å². The van der Waals surface area contributed by atoms with Gasteiger partial charge < -0.3 is 24.5 Å². The van der Waals surface area contributed by atoms with E-state index >= 15 is 0 Å². The summed E-state index contributed by atoms with van der Waals surface area (Å²) < 4.78 is 13.0. The number of aliphatic imine (C=N–C) groups is 1. The summed E-state index contributed by atoms with van der Waals surface area (Å²) in [4.78, 5) is 32.3. The fraction of sp³-hybridized carbons (Fsp3) is 0.280. The molecule has 0 bridgehead atoms. The van der Waals surface area contributed by atoms with Crippen molar-refractivity contribution in [2.45, 2.75) is 25.0 Å². The molecule has 2 aromatic heterocycles. The topological polar surface area (TPSA) is 134 Å². The molecule has 5 rings (SSSR count). The Morgan fingerprint density at radius 1 is 1.39 bits per heavy atom. The molecule has 0 radical (unpaired) electrons. The van der Waals surface area contributed by atoms with Crippen LogP contribution in [0.5, 0.6) is 5.75 Å². The van der Waals surface area contributed by atoms with E-state index in [-0.39, 0.29) is 18.2 Å². The Hall–Kier alpha value is -4.22. The summed E-state index contributed by atoms with van der Waals surface area (Å²) in [6.07, 6.45) is 5.44. The zero-order valence-corrected chi connectivity index (χ0v) is 19.9. The van der Waals surface area contributed by atoms with Crippen LogP contribution in [-0.2, 0) is 30.5 Å². The number of aliphatic hydroxyl groups excluding tert-OH is 1. The first-order chi connectivity index (χ1) is 17.3. The van der Waals surface area contributed by atoms with Crippen molar-refractivity contribution in [3.63, 3.8) is 0 Å². The molecule has 0 aliphatic carbocycles. The predicted octanol–water partition coefficient (Wildman–Crippen LogP) is 1.13. The number of furan rings is 1. The zero-order chi connectivity index (χ0) is 25.4. The Kier molecular flexibility index (Phi) is 5.94. The lowest BCUT2D eigenvalue weighted by Gasteiger charge is -2.29. The maximum absolute atomic E-state index is 13.2. The standard InChI is InChI=1S/C25H26N6O5/c1-4-16-7-21(36-20(16)11-26-9-15-10-27-30(2)12-15)25(23(33)28-24(34)29-25)14-31-13-17-5-6-18(35-3)8-19(17)22(31)32/h4-8,10-12,24,29,34H,1,9,13-14H2,2-3H3,(H,28,33). The number of carbonyl (C=O) groups is 2. The normalized spacial score (nSPS) is 21.3. The number of aryl methyl sites for hydroxylation is 1. The van der Waals surface area contributed by atoms with Gasteiger partial charge >= 0.3 is 0 Å². The average Bonchev–Trinajstić information content (AvgIpc) is 3.61. The molecule has 11 nitrogen and oxygen atoms in total. The van der Waals surface area contributed by atoms with Gasteiger partial charge in [0.1, 0.15) is 11.5 Å². The molecule has 2 aliphatic heterocycles. The summed E-state index contributed by atoms with van der Waals surface area (Å²) >= 11 is 0. The number of aliphatic hydroxyl groups is 1. The van der Waals surface area contributed by atoms with E-state index in [0.29, 0.717) is 35.7 Å². The lowest BCUT2D eigenvalue weighted by atomic mass is 9.95. The summed E-state index contributed by atoms with van der Waals surface area (Å²) in [6, 6.07) is 6.96. The molecule has 1 fully saturated rings. The van der Waals surface area contributed by atoms with Crippen LogP contribution in [0.15, 0.2) is 52.6 Å². The number of amides is 2. The van der Waals surface area contributed by atoms with Gasteiger partial charge in [0.05, 0.1) is 32.6 Å². The van der Waals surface area contributed by atoms with E-state index in [2.05, 4.69) is 27.3 Å². The van der Waals surface area contributed by atoms with Gasteiger partial charge in [-0.3, -0.25) is 24.6 Å². The molecule has 3 aromatic rings. The van der Waals surface area contributed by atoms with Gasteiger partial charge in [-0.2, -0.15) is 5.10 Å². The van der Waals surface area contributed by atoms with Crippen molar-refractivity contribution >= 4 is 24.1 Å². The molecular formula is C25H26N6O5. The second-order valence-electron chi connectivity index (χ2n) is 8.74. The molecule has 2 atom stereocenters. The molecule has 1 saturated heterocycles. The third-order valence-electron chi connectivity index (χ3n) is 6.33. The van der Waals surface area contributed by atoms with Crippen LogP contribution in [-0.4, -0.2) is 57.8 Å². The second kappa shape index (κ2) is 9.10. The zero-order valence-electron chi connectivity index (χ0n) is 19.9. The average molecular weight is 491 g/mol. The van der Waals surface area contributed by atoms with Gasteiger partial charge in [-0.25, -0.2) is 0 Å². The molecule has 186 valence electrons. The number of nitrogens with one attached hydrogen (secondary N) is 2. The lowest BCUT2D eigenvalue weighted by molar-refractivity contribution is -0.125. The first-order valence-corrected chi connectivity index (χ1v) is 11.3. The molecule has 2 aliphatic rings. The number of benzene rings is 1. The Labute approximate surface area is 207 Å². The van der Waals surface area contributed by atoms with Crippen molar-refractivity contribution in [1.29, 1.82) is 0 Å². The van der Waals surface area contributed by atoms with Crippen molar-refractivity contribution in [2.75, 3.05) is 13.7 Å². The third-order valence-corrected chi connectivity index (χ3v) is 6.33. The van der Waals surface area contributed by atoms with E-state index in [1.165, 1.54) is 7.11 Å². The molecule has 2 unspecified atom stereocenters. The Morgan fingerprint density at radius 3 is 2.89 bits per heavy atom. The van der Waals surface area contributed by atoms with E-state index in [4.69, 9.17) is 9.15 Å². The van der Waals surface area contributed by atoms with Crippen molar-refractivity contribution in [1.82, 2.24) is 25.3 Å². The van der Waals surface area contributed by atoms with Gasteiger partial charge in [0, 0.05) is 36.5 Å². The highest BCUT2D eigenvalue weighted by molar-refractivity contribution is 5.99. The maximum atomic E-state index is 13.2. The number of methoxy groups -OCH3 is 1. The molecule has 0 saturated carbocycles. The highest BCUT2D eigenvalue weighted by atomic mass is 16.5. The van der Waals surface area contributed by atoms with Crippen LogP contribution >= 0.6 is 0 Å². The number of nitrogens with zero attached hydrogens (tertiary/aromatic N) is 4. The highest BCUT2D eigenvalue weighted by Crippen LogP contribution is 2.34. The first kappa shape index (κ1) is 23.5. The highest BCUT2D eigenvalue weighted by Gasteiger charge is 2.52. The summed E-state index contributed by atoms with van der Waals surface area (Å²) in [6.45, 7) is 4.47. The smallest absolute Gasteiger partial charge is 0.254 e. The minimum Gasteiger partial charge on any atom is -0.497 e. The minimum atomic E-state index is -1.52. The van der Waals surface area contributed by atoms with Crippen LogP contribution in [0.25, 0.3) is 6.08 Å². The molecule has 36 heavy (non-hydrogen) atoms. The van der Waals surface area contributed by atoms with Gasteiger partial charge in [0.2, 0.25) is 0 Å². The van der Waals surface area contributed by atoms with Crippen LogP contribution in [0, 0.1) is 0 Å². The number of aromatic nitrogens is 2. The molecule has 0 spiro atoms. The second-order valence-corrected chi connectivity index (χ2v) is 8.74. The van der Waals surface area contributed by atoms with Crippen LogP contribution in [0.4, 0.5) is 0 Å². The van der Waals surface area contributed by atoms with E-state index in [9.17, 15) is 14.7 Å². The largest absolute Gasteiger partial charge is 0.497 e. The maximum Gasteiger partial charge on any atom is 0.254 e. The monoisotopic (exact) mass is 490 g/mol.